The number of H-pyrrole nitrogens is 1. The molecule has 3 aromatic heterocycles. The third-order valence-corrected chi connectivity index (χ3v) is 2.40. The summed E-state index contributed by atoms with van der Waals surface area (Å²) in [6, 6.07) is 2.85. The first kappa shape index (κ1) is 11.3. The van der Waals surface area contributed by atoms with Gasteiger partial charge in [0.15, 0.2) is 0 Å². The van der Waals surface area contributed by atoms with E-state index in [2.05, 4.69) is 30.9 Å². The maximum absolute atomic E-state index is 13.0. The zero-order chi connectivity index (χ0) is 13.2. The van der Waals surface area contributed by atoms with E-state index in [9.17, 15) is 9.18 Å². The summed E-state index contributed by atoms with van der Waals surface area (Å²) in [5.41, 5.74) is 1.09. The van der Waals surface area contributed by atoms with Crippen molar-refractivity contribution in [3.8, 4) is 0 Å². The Morgan fingerprint density at radius 1 is 1.42 bits per heavy atom. The molecule has 96 valence electrons. The van der Waals surface area contributed by atoms with Gasteiger partial charge in [-0.1, -0.05) is 5.10 Å². The molecular weight excluding hydrogens is 253 g/mol. The summed E-state index contributed by atoms with van der Waals surface area (Å²) < 4.78 is 14.5. The van der Waals surface area contributed by atoms with Crippen LogP contribution in [0.1, 0.15) is 5.69 Å². The summed E-state index contributed by atoms with van der Waals surface area (Å²) in [5, 5.41) is 15.2. The summed E-state index contributed by atoms with van der Waals surface area (Å²) in [7, 11) is 0. The minimum Gasteiger partial charge on any atom is -0.304 e. The van der Waals surface area contributed by atoms with Gasteiger partial charge in [0.05, 0.1) is 12.1 Å². The normalized spacial score (nSPS) is 10.8. The van der Waals surface area contributed by atoms with Gasteiger partial charge in [-0.3, -0.25) is 10.1 Å². The van der Waals surface area contributed by atoms with Crippen molar-refractivity contribution in [1.29, 1.82) is 0 Å². The van der Waals surface area contributed by atoms with E-state index in [-0.39, 0.29) is 24.1 Å². The van der Waals surface area contributed by atoms with Crippen molar-refractivity contribution in [3.05, 3.63) is 36.0 Å². The zero-order valence-electron chi connectivity index (χ0n) is 9.54. The second-order valence-electron chi connectivity index (χ2n) is 3.81. The molecule has 0 fully saturated rings. The van der Waals surface area contributed by atoms with Crippen LogP contribution in [-0.4, -0.2) is 35.9 Å². The van der Waals surface area contributed by atoms with Gasteiger partial charge in [0, 0.05) is 12.4 Å². The molecule has 3 aromatic rings. The van der Waals surface area contributed by atoms with Crippen LogP contribution in [-0.2, 0) is 11.2 Å². The van der Waals surface area contributed by atoms with Gasteiger partial charge in [-0.05, 0) is 17.3 Å². The number of amides is 1. The number of carbonyl (C=O) groups is 1. The first-order chi connectivity index (χ1) is 9.20. The quantitative estimate of drug-likeness (QED) is 0.699. The van der Waals surface area contributed by atoms with Crippen LogP contribution in [0.5, 0.6) is 0 Å². The third kappa shape index (κ3) is 2.39. The van der Waals surface area contributed by atoms with Crippen LogP contribution < -0.4 is 5.32 Å². The molecule has 0 saturated carbocycles. The fourth-order valence-corrected chi connectivity index (χ4v) is 1.65. The standard InChI is InChI=1S/C10H8FN7O/c11-6-1-2-8-12-7(5-18(8)4-6)3-9(19)13-10-14-16-17-15-10/h1-2,4-5H,3H2,(H2,13,14,15,16,17,19). The van der Waals surface area contributed by atoms with Gasteiger partial charge in [-0.2, -0.15) is 5.21 Å². The van der Waals surface area contributed by atoms with Crippen LogP contribution in [0.25, 0.3) is 5.65 Å². The first-order valence-corrected chi connectivity index (χ1v) is 5.37. The lowest BCUT2D eigenvalue weighted by Crippen LogP contribution is -2.15. The average Bonchev–Trinajstić information content (AvgIpc) is 2.97. The molecule has 19 heavy (non-hydrogen) atoms. The van der Waals surface area contributed by atoms with E-state index in [1.54, 1.807) is 6.20 Å². The van der Waals surface area contributed by atoms with Crippen LogP contribution in [0.15, 0.2) is 24.5 Å². The molecule has 0 aromatic carbocycles. The van der Waals surface area contributed by atoms with Gasteiger partial charge in [-0.25, -0.2) is 9.37 Å². The van der Waals surface area contributed by atoms with Crippen LogP contribution in [0, 0.1) is 5.82 Å². The Labute approximate surface area is 105 Å². The predicted octanol–water partition coefficient (Wildman–Crippen LogP) is 0.168. The number of nitrogens with zero attached hydrogens (tertiary/aromatic N) is 5. The van der Waals surface area contributed by atoms with Gasteiger partial charge in [-0.15, -0.1) is 5.10 Å². The Morgan fingerprint density at radius 3 is 3.11 bits per heavy atom. The molecule has 0 aliphatic carbocycles. The summed E-state index contributed by atoms with van der Waals surface area (Å²) in [6.45, 7) is 0. The molecule has 1 amide bonds. The van der Waals surface area contributed by atoms with Crippen molar-refractivity contribution in [2.45, 2.75) is 6.42 Å². The fourth-order valence-electron chi connectivity index (χ4n) is 1.65. The molecule has 0 aliphatic rings. The number of imidazole rings is 1. The van der Waals surface area contributed by atoms with Gasteiger partial charge >= 0.3 is 0 Å². The number of halogens is 1. The largest absolute Gasteiger partial charge is 0.304 e. The van der Waals surface area contributed by atoms with Gasteiger partial charge in [0.25, 0.3) is 5.95 Å². The van der Waals surface area contributed by atoms with E-state index in [0.29, 0.717) is 11.3 Å². The van der Waals surface area contributed by atoms with Crippen LogP contribution in [0.2, 0.25) is 0 Å². The Hall–Kier alpha value is -2.84. The SMILES string of the molecule is O=C(Cc1cn2cc(F)ccc2n1)Nc1nn[nH]n1. The maximum atomic E-state index is 13.0. The number of aromatic amines is 1. The van der Waals surface area contributed by atoms with Gasteiger partial charge in [0.1, 0.15) is 11.5 Å². The number of pyridine rings is 1. The van der Waals surface area contributed by atoms with Crippen molar-refractivity contribution in [2.24, 2.45) is 0 Å². The van der Waals surface area contributed by atoms with E-state index < -0.39 is 0 Å². The predicted molar refractivity (Wildman–Crippen MR) is 61.7 cm³/mol. The van der Waals surface area contributed by atoms with Crippen LogP contribution >= 0.6 is 0 Å². The van der Waals surface area contributed by atoms with E-state index in [1.807, 2.05) is 0 Å². The Bertz CT molecular complexity index is 721. The molecule has 2 N–H and O–H groups in total. The number of anilines is 1. The average molecular weight is 261 g/mol. The number of tetrazole rings is 1. The smallest absolute Gasteiger partial charge is 0.269 e. The Morgan fingerprint density at radius 2 is 2.32 bits per heavy atom. The summed E-state index contributed by atoms with van der Waals surface area (Å²) in [5.74, 6) is -0.599. The van der Waals surface area contributed by atoms with E-state index in [1.165, 1.54) is 22.7 Å². The number of hydrogen-bond acceptors (Lipinski definition) is 5. The molecule has 8 nitrogen and oxygen atoms in total. The monoisotopic (exact) mass is 261 g/mol. The lowest BCUT2D eigenvalue weighted by molar-refractivity contribution is -0.115. The molecular formula is C10H8FN7O. The molecule has 9 heteroatoms. The molecule has 3 heterocycles. The van der Waals surface area contributed by atoms with Crippen molar-refractivity contribution >= 4 is 17.5 Å². The number of aromatic nitrogens is 6. The molecule has 0 bridgehead atoms. The molecule has 0 radical (unpaired) electrons. The minimum atomic E-state index is -0.368. The van der Waals surface area contributed by atoms with Gasteiger partial charge in [0.2, 0.25) is 5.91 Å². The van der Waals surface area contributed by atoms with Crippen LogP contribution in [0.3, 0.4) is 0 Å². The number of rotatable bonds is 3. The molecule has 0 spiro atoms. The number of fused-ring (bicyclic) bond motifs is 1. The lowest BCUT2D eigenvalue weighted by atomic mass is 10.3. The highest BCUT2D eigenvalue weighted by atomic mass is 19.1. The highest BCUT2D eigenvalue weighted by molar-refractivity contribution is 5.90. The Balaban J connectivity index is 1.76. The molecule has 3 rings (SSSR count). The van der Waals surface area contributed by atoms with E-state index in [0.717, 1.165) is 0 Å². The summed E-state index contributed by atoms with van der Waals surface area (Å²) in [6.07, 6.45) is 2.93. The highest BCUT2D eigenvalue weighted by Gasteiger charge is 2.10. The van der Waals surface area contributed by atoms with Crippen molar-refractivity contribution in [1.82, 2.24) is 30.0 Å². The molecule has 0 saturated heterocycles. The summed E-state index contributed by atoms with van der Waals surface area (Å²) in [4.78, 5) is 15.9. The second kappa shape index (κ2) is 4.44. The maximum Gasteiger partial charge on any atom is 0.269 e. The topological polar surface area (TPSA) is 101 Å². The highest BCUT2D eigenvalue weighted by Crippen LogP contribution is 2.08. The molecule has 0 aliphatic heterocycles. The second-order valence-corrected chi connectivity index (χ2v) is 3.81. The minimum absolute atomic E-state index is 0.0395. The van der Waals surface area contributed by atoms with Crippen LogP contribution in [0.4, 0.5) is 10.3 Å². The van der Waals surface area contributed by atoms with E-state index in [4.69, 9.17) is 0 Å². The molecule has 0 unspecified atom stereocenters. The van der Waals surface area contributed by atoms with Crippen molar-refractivity contribution in [2.75, 3.05) is 5.32 Å². The lowest BCUT2D eigenvalue weighted by Gasteiger charge is -1.96. The number of nitrogens with one attached hydrogen (secondary N) is 2. The molecule has 0 atom stereocenters. The van der Waals surface area contributed by atoms with Crippen molar-refractivity contribution < 1.29 is 9.18 Å². The number of hydrogen-bond donors (Lipinski definition) is 2. The zero-order valence-corrected chi connectivity index (χ0v) is 9.54. The Kier molecular flexibility index (Phi) is 2.63. The fraction of sp³-hybridized carbons (Fsp3) is 0.100. The third-order valence-electron chi connectivity index (χ3n) is 2.40. The van der Waals surface area contributed by atoms with E-state index >= 15 is 0 Å². The van der Waals surface area contributed by atoms with Crippen molar-refractivity contribution in [3.63, 3.8) is 0 Å². The van der Waals surface area contributed by atoms with Gasteiger partial charge < -0.3 is 4.40 Å². The first-order valence-electron chi connectivity index (χ1n) is 5.37. The number of carbonyl (C=O) groups excluding carboxylic acids is 1. The summed E-state index contributed by atoms with van der Waals surface area (Å²) >= 11 is 0.